The van der Waals surface area contributed by atoms with Crippen LogP contribution in [0.5, 0.6) is 0 Å². The predicted molar refractivity (Wildman–Crippen MR) is 67.2 cm³/mol. The highest BCUT2D eigenvalue weighted by Gasteiger charge is 2.38. The Morgan fingerprint density at radius 2 is 2.33 bits per heavy atom. The van der Waals surface area contributed by atoms with Crippen LogP contribution in [0.2, 0.25) is 0 Å². The lowest BCUT2D eigenvalue weighted by Crippen LogP contribution is -2.46. The van der Waals surface area contributed by atoms with Crippen LogP contribution >= 0.6 is 11.3 Å². The molecule has 2 unspecified atom stereocenters. The molecule has 2 rings (SSSR count). The van der Waals surface area contributed by atoms with Crippen molar-refractivity contribution in [3.8, 4) is 0 Å². The zero-order chi connectivity index (χ0) is 10.9. The molecule has 0 radical (unpaired) electrons. The molecule has 1 fully saturated rings. The Hall–Kier alpha value is -0.340. The minimum absolute atomic E-state index is 0.0307. The largest absolute Gasteiger partial charge is 0.321 e. The average Bonchev–Trinajstić information content (AvgIpc) is 2.66. The number of aryl methyl sites for hydroxylation is 1. The summed E-state index contributed by atoms with van der Waals surface area (Å²) < 4.78 is 0. The van der Waals surface area contributed by atoms with Crippen molar-refractivity contribution >= 4 is 11.3 Å². The molecular formula is C13H21NS. The molecule has 84 valence electrons. The molecule has 2 heteroatoms. The van der Waals surface area contributed by atoms with Gasteiger partial charge in [0.1, 0.15) is 0 Å². The minimum Gasteiger partial charge on any atom is -0.321 e. The summed E-state index contributed by atoms with van der Waals surface area (Å²) in [5.74, 6) is 0.680. The maximum Gasteiger partial charge on any atom is 0.0449 e. The quantitative estimate of drug-likeness (QED) is 0.810. The second-order valence-corrected chi connectivity index (χ2v) is 5.90. The summed E-state index contributed by atoms with van der Waals surface area (Å²) in [6.07, 6.45) is 6.35. The summed E-state index contributed by atoms with van der Waals surface area (Å²) in [5.41, 5.74) is 8.07. The predicted octanol–water partition coefficient (Wildman–Crippen LogP) is 3.81. The Balaban J connectivity index is 2.34. The zero-order valence-corrected chi connectivity index (χ0v) is 10.6. The first-order chi connectivity index (χ1) is 7.18. The van der Waals surface area contributed by atoms with E-state index in [2.05, 4.69) is 25.3 Å². The lowest BCUT2D eigenvalue weighted by molar-refractivity contribution is 0.184. The number of hydrogen-bond acceptors (Lipinski definition) is 2. The standard InChI is InChI=1S/C13H21NS/c1-3-11-6-4-5-8-13(11,14)12-7-9-15-10(12)2/h7,9,11H,3-6,8,14H2,1-2H3. The topological polar surface area (TPSA) is 26.0 Å². The molecular weight excluding hydrogens is 202 g/mol. The van der Waals surface area contributed by atoms with Crippen molar-refractivity contribution in [1.29, 1.82) is 0 Å². The van der Waals surface area contributed by atoms with Gasteiger partial charge in [-0.25, -0.2) is 0 Å². The maximum absolute atomic E-state index is 6.69. The SMILES string of the molecule is CCC1CCCCC1(N)c1ccsc1C. The maximum atomic E-state index is 6.69. The Morgan fingerprint density at radius 3 is 2.93 bits per heavy atom. The lowest BCUT2D eigenvalue weighted by Gasteiger charge is -2.41. The van der Waals surface area contributed by atoms with E-state index in [-0.39, 0.29) is 5.54 Å². The summed E-state index contributed by atoms with van der Waals surface area (Å²) in [6.45, 7) is 4.48. The first-order valence-electron chi connectivity index (χ1n) is 6.02. The minimum atomic E-state index is -0.0307. The molecule has 0 aromatic carbocycles. The normalized spacial score (nSPS) is 31.8. The highest BCUT2D eigenvalue weighted by atomic mass is 32.1. The Morgan fingerprint density at radius 1 is 1.53 bits per heavy atom. The summed E-state index contributed by atoms with van der Waals surface area (Å²) in [6, 6.07) is 2.24. The molecule has 2 atom stereocenters. The van der Waals surface area contributed by atoms with Crippen LogP contribution in [0.1, 0.15) is 49.5 Å². The Bertz CT molecular complexity index is 331. The number of nitrogens with two attached hydrogens (primary N) is 1. The molecule has 0 bridgehead atoms. The van der Waals surface area contributed by atoms with Crippen LogP contribution in [-0.4, -0.2) is 0 Å². The van der Waals surface area contributed by atoms with Gasteiger partial charge in [-0.05, 0) is 42.7 Å². The summed E-state index contributed by atoms with van der Waals surface area (Å²) >= 11 is 1.83. The molecule has 1 saturated carbocycles. The van der Waals surface area contributed by atoms with Gasteiger partial charge in [-0.2, -0.15) is 0 Å². The highest BCUT2D eigenvalue weighted by molar-refractivity contribution is 7.10. The highest BCUT2D eigenvalue weighted by Crippen LogP contribution is 2.43. The molecule has 1 aliphatic rings. The van der Waals surface area contributed by atoms with Crippen molar-refractivity contribution in [3.63, 3.8) is 0 Å². The fraction of sp³-hybridized carbons (Fsp3) is 0.692. The van der Waals surface area contributed by atoms with Crippen LogP contribution in [0.15, 0.2) is 11.4 Å². The second-order valence-electron chi connectivity index (χ2n) is 4.78. The average molecular weight is 223 g/mol. The van der Waals surface area contributed by atoms with Gasteiger partial charge >= 0.3 is 0 Å². The van der Waals surface area contributed by atoms with Crippen LogP contribution in [0.25, 0.3) is 0 Å². The van der Waals surface area contributed by atoms with Gasteiger partial charge in [0.2, 0.25) is 0 Å². The molecule has 0 amide bonds. The molecule has 0 aliphatic heterocycles. The zero-order valence-electron chi connectivity index (χ0n) is 9.75. The molecule has 1 aromatic rings. The van der Waals surface area contributed by atoms with Crippen molar-refractivity contribution in [2.45, 2.75) is 51.5 Å². The summed E-state index contributed by atoms with van der Waals surface area (Å²) in [4.78, 5) is 1.41. The van der Waals surface area contributed by atoms with E-state index in [1.54, 1.807) is 0 Å². The van der Waals surface area contributed by atoms with Gasteiger partial charge in [-0.15, -0.1) is 11.3 Å². The van der Waals surface area contributed by atoms with E-state index < -0.39 is 0 Å². The molecule has 0 saturated heterocycles. The lowest BCUT2D eigenvalue weighted by atomic mass is 9.68. The van der Waals surface area contributed by atoms with E-state index in [1.165, 1.54) is 42.5 Å². The number of rotatable bonds is 2. The van der Waals surface area contributed by atoms with E-state index in [0.717, 1.165) is 0 Å². The first kappa shape index (κ1) is 11.2. The fourth-order valence-corrected chi connectivity index (χ4v) is 3.85. The van der Waals surface area contributed by atoms with Gasteiger partial charge in [0.05, 0.1) is 0 Å². The molecule has 1 aromatic heterocycles. The van der Waals surface area contributed by atoms with Crippen LogP contribution in [0.3, 0.4) is 0 Å². The molecule has 2 N–H and O–H groups in total. The van der Waals surface area contributed by atoms with Crippen LogP contribution < -0.4 is 5.73 Å². The summed E-state index contributed by atoms with van der Waals surface area (Å²) in [7, 11) is 0. The van der Waals surface area contributed by atoms with Gasteiger partial charge in [0.15, 0.2) is 0 Å². The van der Waals surface area contributed by atoms with Gasteiger partial charge in [-0.1, -0.05) is 26.2 Å². The molecule has 1 nitrogen and oxygen atoms in total. The van der Waals surface area contributed by atoms with Crippen LogP contribution in [0.4, 0.5) is 0 Å². The molecule has 1 heterocycles. The van der Waals surface area contributed by atoms with Crippen molar-refractivity contribution in [2.24, 2.45) is 11.7 Å². The summed E-state index contributed by atoms with van der Waals surface area (Å²) in [5, 5.41) is 2.18. The number of thiophene rings is 1. The van der Waals surface area contributed by atoms with Gasteiger partial charge < -0.3 is 5.73 Å². The van der Waals surface area contributed by atoms with Gasteiger partial charge in [-0.3, -0.25) is 0 Å². The van der Waals surface area contributed by atoms with Crippen molar-refractivity contribution < 1.29 is 0 Å². The van der Waals surface area contributed by atoms with Crippen LogP contribution in [-0.2, 0) is 5.54 Å². The van der Waals surface area contributed by atoms with Crippen molar-refractivity contribution in [3.05, 3.63) is 21.9 Å². The van der Waals surface area contributed by atoms with E-state index in [4.69, 9.17) is 5.73 Å². The molecule has 0 spiro atoms. The fourth-order valence-electron chi connectivity index (χ4n) is 3.06. The first-order valence-corrected chi connectivity index (χ1v) is 6.90. The third-order valence-electron chi connectivity index (χ3n) is 3.97. The Kier molecular flexibility index (Phi) is 3.17. The van der Waals surface area contributed by atoms with Crippen LogP contribution in [0, 0.1) is 12.8 Å². The third-order valence-corrected chi connectivity index (χ3v) is 4.82. The Labute approximate surface area is 96.7 Å². The smallest absolute Gasteiger partial charge is 0.0449 e. The van der Waals surface area contributed by atoms with E-state index in [0.29, 0.717) is 5.92 Å². The monoisotopic (exact) mass is 223 g/mol. The third kappa shape index (κ3) is 1.85. The molecule has 1 aliphatic carbocycles. The van der Waals surface area contributed by atoms with E-state index in [1.807, 2.05) is 11.3 Å². The number of hydrogen-bond donors (Lipinski definition) is 1. The van der Waals surface area contributed by atoms with Crippen molar-refractivity contribution in [2.75, 3.05) is 0 Å². The second kappa shape index (κ2) is 4.26. The van der Waals surface area contributed by atoms with E-state index >= 15 is 0 Å². The van der Waals surface area contributed by atoms with Crippen molar-refractivity contribution in [1.82, 2.24) is 0 Å². The van der Waals surface area contributed by atoms with Gasteiger partial charge in [0, 0.05) is 10.4 Å². The van der Waals surface area contributed by atoms with Gasteiger partial charge in [0.25, 0.3) is 0 Å². The van der Waals surface area contributed by atoms with E-state index in [9.17, 15) is 0 Å². The molecule has 15 heavy (non-hydrogen) atoms.